The zero-order valence-electron chi connectivity index (χ0n) is 11.4. The molecule has 0 amide bonds. The van der Waals surface area contributed by atoms with Crippen LogP contribution < -0.4 is 5.32 Å². The lowest BCUT2D eigenvalue weighted by Crippen LogP contribution is -2.10. The van der Waals surface area contributed by atoms with E-state index in [0.717, 1.165) is 13.0 Å². The number of benzene rings is 1. The lowest BCUT2D eigenvalue weighted by molar-refractivity contribution is 0.825. The van der Waals surface area contributed by atoms with Crippen LogP contribution in [0.5, 0.6) is 0 Å². The van der Waals surface area contributed by atoms with Gasteiger partial charge in [0.25, 0.3) is 0 Å². The van der Waals surface area contributed by atoms with Gasteiger partial charge in [-0.3, -0.25) is 0 Å². The summed E-state index contributed by atoms with van der Waals surface area (Å²) in [4.78, 5) is 0. The molecule has 0 unspecified atom stereocenters. The fraction of sp³-hybridized carbons (Fsp3) is 0.375. The van der Waals surface area contributed by atoms with Crippen molar-refractivity contribution in [3.05, 3.63) is 58.8 Å². The first-order chi connectivity index (χ1) is 8.13. The molecule has 1 N–H and O–H groups in total. The van der Waals surface area contributed by atoms with E-state index in [9.17, 15) is 0 Å². The second kappa shape index (κ2) is 6.95. The van der Waals surface area contributed by atoms with E-state index in [0.29, 0.717) is 0 Å². The van der Waals surface area contributed by atoms with Crippen molar-refractivity contribution in [2.24, 2.45) is 0 Å². The number of nitrogens with one attached hydrogen (secondary N) is 1. The summed E-state index contributed by atoms with van der Waals surface area (Å²) < 4.78 is 0. The third kappa shape index (κ3) is 4.90. The number of rotatable bonds is 2. The summed E-state index contributed by atoms with van der Waals surface area (Å²) in [5.74, 6) is 0. The predicted octanol–water partition coefficient (Wildman–Crippen LogP) is 4.21. The molecule has 1 aliphatic carbocycles. The Labute approximate surface area is 105 Å². The van der Waals surface area contributed by atoms with Crippen LogP contribution in [0.2, 0.25) is 0 Å². The average molecular weight is 229 g/mol. The van der Waals surface area contributed by atoms with Crippen LogP contribution in [0, 0.1) is 6.92 Å². The molecule has 0 aliphatic heterocycles. The van der Waals surface area contributed by atoms with Crippen LogP contribution in [0.1, 0.15) is 32.8 Å². The summed E-state index contributed by atoms with van der Waals surface area (Å²) in [6, 6.07) is 10.3. The van der Waals surface area contributed by atoms with Gasteiger partial charge in [0.15, 0.2) is 0 Å². The molecule has 1 nitrogen and oxygen atoms in total. The van der Waals surface area contributed by atoms with Crippen molar-refractivity contribution in [3.8, 4) is 0 Å². The fourth-order valence-electron chi connectivity index (χ4n) is 1.74. The Morgan fingerprint density at radius 3 is 2.06 bits per heavy atom. The Kier molecular flexibility index (Phi) is 5.55. The molecule has 0 fully saturated rings. The zero-order valence-corrected chi connectivity index (χ0v) is 11.4. The molecule has 1 aliphatic rings. The smallest absolute Gasteiger partial charge is 0.0150 e. The van der Waals surface area contributed by atoms with E-state index in [4.69, 9.17) is 0 Å². The molecule has 0 bridgehead atoms. The monoisotopic (exact) mass is 229 g/mol. The van der Waals surface area contributed by atoms with Crippen molar-refractivity contribution >= 4 is 0 Å². The molecule has 1 aromatic carbocycles. The van der Waals surface area contributed by atoms with Crippen LogP contribution in [0.4, 0.5) is 0 Å². The quantitative estimate of drug-likeness (QED) is 0.801. The van der Waals surface area contributed by atoms with E-state index in [1.165, 1.54) is 22.4 Å². The normalized spacial score (nSPS) is 14.0. The zero-order chi connectivity index (χ0) is 12.7. The summed E-state index contributed by atoms with van der Waals surface area (Å²) >= 11 is 0. The molecule has 92 valence electrons. The van der Waals surface area contributed by atoms with Crippen molar-refractivity contribution in [2.45, 2.75) is 34.1 Å². The van der Waals surface area contributed by atoms with Crippen molar-refractivity contribution in [3.63, 3.8) is 0 Å². The third-order valence-corrected chi connectivity index (χ3v) is 2.86. The van der Waals surface area contributed by atoms with Crippen molar-refractivity contribution in [1.29, 1.82) is 0 Å². The van der Waals surface area contributed by atoms with Crippen LogP contribution in [0.3, 0.4) is 0 Å². The lowest BCUT2D eigenvalue weighted by Gasteiger charge is -2.02. The van der Waals surface area contributed by atoms with E-state index in [2.05, 4.69) is 51.2 Å². The first-order valence-corrected chi connectivity index (χ1v) is 6.26. The predicted molar refractivity (Wildman–Crippen MR) is 75.9 cm³/mol. The summed E-state index contributed by atoms with van der Waals surface area (Å²) in [6.45, 7) is 9.60. The molecule has 2 rings (SSSR count). The van der Waals surface area contributed by atoms with E-state index in [1.807, 2.05) is 18.2 Å². The van der Waals surface area contributed by atoms with Gasteiger partial charge in [-0.15, -0.1) is 0 Å². The van der Waals surface area contributed by atoms with Crippen LogP contribution in [0.25, 0.3) is 0 Å². The highest BCUT2D eigenvalue weighted by Gasteiger charge is 2.06. The molecule has 1 heteroatoms. The highest BCUT2D eigenvalue weighted by molar-refractivity contribution is 5.35. The number of aryl methyl sites for hydroxylation is 1. The molecule has 0 atom stereocenters. The minimum absolute atomic E-state index is 1.03. The summed E-state index contributed by atoms with van der Waals surface area (Å²) in [5.41, 5.74) is 5.62. The van der Waals surface area contributed by atoms with Crippen LogP contribution in [-0.2, 0) is 0 Å². The largest absolute Gasteiger partial charge is 0.388 e. The average Bonchev–Trinajstić information content (AvgIpc) is 2.60. The first-order valence-electron chi connectivity index (χ1n) is 6.26. The van der Waals surface area contributed by atoms with Gasteiger partial charge in [-0.25, -0.2) is 0 Å². The maximum absolute atomic E-state index is 3.32. The fourth-order valence-corrected chi connectivity index (χ4v) is 1.74. The van der Waals surface area contributed by atoms with Gasteiger partial charge >= 0.3 is 0 Å². The van der Waals surface area contributed by atoms with Crippen molar-refractivity contribution < 1.29 is 0 Å². The van der Waals surface area contributed by atoms with Gasteiger partial charge in [-0.2, -0.15) is 0 Å². The lowest BCUT2D eigenvalue weighted by atomic mass is 10.2. The van der Waals surface area contributed by atoms with E-state index < -0.39 is 0 Å². The molecule has 17 heavy (non-hydrogen) atoms. The maximum Gasteiger partial charge on any atom is 0.0150 e. The summed E-state index contributed by atoms with van der Waals surface area (Å²) in [5, 5.41) is 3.32. The highest BCUT2D eigenvalue weighted by atomic mass is 14.9. The Bertz CT molecular complexity index is 399. The Morgan fingerprint density at radius 1 is 1.06 bits per heavy atom. The number of hydrogen-bond donors (Lipinski definition) is 1. The molecule has 0 heterocycles. The number of hydrogen-bond acceptors (Lipinski definition) is 1. The van der Waals surface area contributed by atoms with Gasteiger partial charge < -0.3 is 5.32 Å². The molecule has 0 aromatic heterocycles. The van der Waals surface area contributed by atoms with E-state index in [-0.39, 0.29) is 0 Å². The van der Waals surface area contributed by atoms with Crippen LogP contribution in [0.15, 0.2) is 53.3 Å². The van der Waals surface area contributed by atoms with Gasteiger partial charge in [0, 0.05) is 18.7 Å². The highest BCUT2D eigenvalue weighted by Crippen LogP contribution is 2.21. The molecular formula is C16H23N. The van der Waals surface area contributed by atoms with Crippen molar-refractivity contribution in [2.75, 3.05) is 6.54 Å². The Hall–Kier alpha value is -1.50. The summed E-state index contributed by atoms with van der Waals surface area (Å²) in [7, 11) is 0. The van der Waals surface area contributed by atoms with E-state index >= 15 is 0 Å². The molecule has 0 saturated carbocycles. The molecule has 1 aromatic rings. The van der Waals surface area contributed by atoms with Gasteiger partial charge in [-0.1, -0.05) is 47.0 Å². The maximum atomic E-state index is 3.32. The first kappa shape index (κ1) is 13.6. The van der Waals surface area contributed by atoms with Crippen LogP contribution >= 0.6 is 0 Å². The Balaban J connectivity index is 0.000000181. The molecule has 0 saturated heterocycles. The van der Waals surface area contributed by atoms with Crippen LogP contribution in [-0.4, -0.2) is 6.54 Å². The number of allylic oxidation sites excluding steroid dienone is 3. The van der Waals surface area contributed by atoms with Crippen molar-refractivity contribution in [1.82, 2.24) is 5.32 Å². The van der Waals surface area contributed by atoms with E-state index in [1.54, 1.807) is 0 Å². The molecular weight excluding hydrogens is 206 g/mol. The van der Waals surface area contributed by atoms with Gasteiger partial charge in [-0.05, 0) is 33.8 Å². The minimum atomic E-state index is 1.03. The second-order valence-corrected chi connectivity index (χ2v) is 4.49. The molecule has 0 spiro atoms. The van der Waals surface area contributed by atoms with Gasteiger partial charge in [0.1, 0.15) is 0 Å². The topological polar surface area (TPSA) is 12.0 Å². The van der Waals surface area contributed by atoms with Gasteiger partial charge in [0.05, 0.1) is 0 Å². The minimum Gasteiger partial charge on any atom is -0.388 e. The molecule has 0 radical (unpaired) electrons. The Morgan fingerprint density at radius 2 is 1.71 bits per heavy atom. The second-order valence-electron chi connectivity index (χ2n) is 4.49. The SMILES string of the molecule is CCNC1=CC(C)=C(C)C1.Cc1ccccc1. The van der Waals surface area contributed by atoms with Gasteiger partial charge in [0.2, 0.25) is 0 Å². The standard InChI is InChI=1S/C9H15N.C7H8/c1-4-10-9-5-7(2)8(3)6-9;1-7-5-3-2-4-6-7/h5,10H,4,6H2,1-3H3;2-6H,1H3. The summed E-state index contributed by atoms with van der Waals surface area (Å²) in [6.07, 6.45) is 3.36. The third-order valence-electron chi connectivity index (χ3n) is 2.86.